The van der Waals surface area contributed by atoms with Gasteiger partial charge in [0.25, 0.3) is 5.91 Å². The quantitative estimate of drug-likeness (QED) is 0.821. The Bertz CT molecular complexity index is 915. The molecule has 0 atom stereocenters. The Kier molecular flexibility index (Phi) is 5.86. The van der Waals surface area contributed by atoms with Crippen LogP contribution in [0.2, 0.25) is 0 Å². The number of anilines is 1. The summed E-state index contributed by atoms with van der Waals surface area (Å²) in [5.41, 5.74) is 0.907. The van der Waals surface area contributed by atoms with Crippen LogP contribution in [0.1, 0.15) is 36.7 Å². The number of nitrogens with one attached hydrogen (secondary N) is 1. The predicted molar refractivity (Wildman–Crippen MR) is 104 cm³/mol. The summed E-state index contributed by atoms with van der Waals surface area (Å²) in [5.74, 6) is 0.00733. The molecule has 1 aromatic heterocycles. The third-order valence-electron chi connectivity index (χ3n) is 4.61. The van der Waals surface area contributed by atoms with E-state index in [1.54, 1.807) is 42.1 Å². The number of amides is 1. The maximum atomic E-state index is 13.1. The molecule has 3 rings (SSSR count). The lowest BCUT2D eigenvalue weighted by Gasteiger charge is -2.27. The Morgan fingerprint density at radius 1 is 1.19 bits per heavy atom. The first-order chi connectivity index (χ1) is 12.9. The lowest BCUT2D eigenvalue weighted by atomic mass is 10.2. The average Bonchev–Trinajstić information content (AvgIpc) is 3.10. The second-order valence-electron chi connectivity index (χ2n) is 6.52. The summed E-state index contributed by atoms with van der Waals surface area (Å²) in [6.45, 7) is 3.18. The molecule has 27 heavy (non-hydrogen) atoms. The van der Waals surface area contributed by atoms with Crippen molar-refractivity contribution in [3.8, 4) is 5.75 Å². The van der Waals surface area contributed by atoms with Crippen LogP contribution in [0.4, 0.5) is 5.69 Å². The maximum Gasteiger partial charge on any atom is 0.272 e. The largest absolute Gasteiger partial charge is 0.492 e. The molecule has 1 aromatic carbocycles. The van der Waals surface area contributed by atoms with E-state index in [4.69, 9.17) is 4.74 Å². The summed E-state index contributed by atoms with van der Waals surface area (Å²) < 4.78 is 35.0. The number of carbonyl (C=O) groups excluding carboxylic acids is 1. The monoisotopic (exact) mass is 391 g/mol. The first-order valence-corrected chi connectivity index (χ1v) is 10.6. The second-order valence-corrected chi connectivity index (χ2v) is 8.42. The van der Waals surface area contributed by atoms with E-state index >= 15 is 0 Å². The van der Waals surface area contributed by atoms with Crippen LogP contribution in [0.5, 0.6) is 5.75 Å². The maximum absolute atomic E-state index is 13.1. The van der Waals surface area contributed by atoms with Gasteiger partial charge in [0, 0.05) is 32.0 Å². The number of benzene rings is 1. The summed E-state index contributed by atoms with van der Waals surface area (Å²) in [6.07, 6.45) is 4.52. The lowest BCUT2D eigenvalue weighted by Crippen LogP contribution is -2.35. The zero-order valence-electron chi connectivity index (χ0n) is 15.6. The number of carbonyl (C=O) groups is 1. The minimum absolute atomic E-state index is 0.0935. The third kappa shape index (κ3) is 4.17. The summed E-state index contributed by atoms with van der Waals surface area (Å²) in [4.78, 5) is 12.5. The van der Waals surface area contributed by atoms with Crippen molar-refractivity contribution < 1.29 is 17.9 Å². The Balaban J connectivity index is 1.93. The molecule has 1 fully saturated rings. The number of rotatable bonds is 6. The highest BCUT2D eigenvalue weighted by atomic mass is 32.2. The predicted octanol–water partition coefficient (Wildman–Crippen LogP) is 2.85. The van der Waals surface area contributed by atoms with E-state index in [0.29, 0.717) is 36.8 Å². The molecule has 7 nitrogen and oxygen atoms in total. The van der Waals surface area contributed by atoms with Crippen LogP contribution < -0.4 is 10.1 Å². The molecule has 2 heterocycles. The van der Waals surface area contributed by atoms with Gasteiger partial charge in [-0.2, -0.15) is 4.31 Å². The molecule has 1 N–H and O–H groups in total. The number of aromatic nitrogens is 1. The van der Waals surface area contributed by atoms with Crippen molar-refractivity contribution in [3.63, 3.8) is 0 Å². The van der Waals surface area contributed by atoms with E-state index in [1.165, 1.54) is 10.4 Å². The van der Waals surface area contributed by atoms with Crippen LogP contribution in [-0.2, 0) is 17.1 Å². The van der Waals surface area contributed by atoms with Crippen LogP contribution in [0.15, 0.2) is 41.4 Å². The zero-order valence-corrected chi connectivity index (χ0v) is 16.5. The molecule has 0 saturated carbocycles. The number of piperidine rings is 1. The molecular weight excluding hydrogens is 366 g/mol. The first kappa shape index (κ1) is 19.4. The van der Waals surface area contributed by atoms with E-state index in [2.05, 4.69) is 5.32 Å². The lowest BCUT2D eigenvalue weighted by molar-refractivity contribution is 0.101. The molecule has 0 bridgehead atoms. The van der Waals surface area contributed by atoms with Crippen LogP contribution in [-0.4, -0.2) is 42.9 Å². The molecule has 1 saturated heterocycles. The van der Waals surface area contributed by atoms with E-state index in [0.717, 1.165) is 19.3 Å². The molecule has 1 aliphatic rings. The number of hydrogen-bond acceptors (Lipinski definition) is 4. The molecule has 1 amide bonds. The molecule has 0 radical (unpaired) electrons. The third-order valence-corrected chi connectivity index (χ3v) is 6.53. The van der Waals surface area contributed by atoms with Crippen LogP contribution in [0.25, 0.3) is 0 Å². The second kappa shape index (κ2) is 8.14. The average molecular weight is 391 g/mol. The highest BCUT2D eigenvalue weighted by Gasteiger charge is 2.29. The standard InChI is InChI=1S/C19H25N3O4S/c1-3-26-17-10-9-15(20-19(23)16-8-7-11-21(16)2)14-18(17)27(24,25)22-12-5-4-6-13-22/h7-11,14H,3-6,12-13H2,1-2H3,(H,20,23). The van der Waals surface area contributed by atoms with Crippen molar-refractivity contribution in [2.24, 2.45) is 7.05 Å². The highest BCUT2D eigenvalue weighted by molar-refractivity contribution is 7.89. The minimum atomic E-state index is -3.68. The molecule has 0 aliphatic carbocycles. The van der Waals surface area contributed by atoms with Gasteiger partial charge in [-0.05, 0) is 50.1 Å². The number of aryl methyl sites for hydroxylation is 1. The number of hydrogen-bond donors (Lipinski definition) is 1. The van der Waals surface area contributed by atoms with Crippen molar-refractivity contribution in [2.75, 3.05) is 25.0 Å². The van der Waals surface area contributed by atoms with Crippen molar-refractivity contribution in [2.45, 2.75) is 31.1 Å². The molecule has 1 aliphatic heterocycles. The number of sulfonamides is 1. The normalized spacial score (nSPS) is 15.5. The molecule has 146 valence electrons. The fraction of sp³-hybridized carbons (Fsp3) is 0.421. The summed E-state index contributed by atoms with van der Waals surface area (Å²) in [7, 11) is -1.91. The van der Waals surface area contributed by atoms with Gasteiger partial charge in [0.2, 0.25) is 10.0 Å². The Hall–Kier alpha value is -2.32. The van der Waals surface area contributed by atoms with Gasteiger partial charge in [-0.15, -0.1) is 0 Å². The van der Waals surface area contributed by atoms with Crippen molar-refractivity contribution in [3.05, 3.63) is 42.2 Å². The minimum Gasteiger partial charge on any atom is -0.492 e. The topological polar surface area (TPSA) is 80.6 Å². The molecule has 8 heteroatoms. The van der Waals surface area contributed by atoms with Gasteiger partial charge in [-0.1, -0.05) is 6.42 Å². The Morgan fingerprint density at radius 2 is 1.93 bits per heavy atom. The highest BCUT2D eigenvalue weighted by Crippen LogP contribution is 2.31. The van der Waals surface area contributed by atoms with Gasteiger partial charge in [-0.3, -0.25) is 4.79 Å². The van der Waals surface area contributed by atoms with Crippen molar-refractivity contribution in [1.82, 2.24) is 8.87 Å². The number of ether oxygens (including phenoxy) is 1. The van der Waals surface area contributed by atoms with Gasteiger partial charge < -0.3 is 14.6 Å². The number of nitrogens with zero attached hydrogens (tertiary/aromatic N) is 2. The Morgan fingerprint density at radius 3 is 2.56 bits per heavy atom. The fourth-order valence-electron chi connectivity index (χ4n) is 3.20. The van der Waals surface area contributed by atoms with E-state index in [-0.39, 0.29) is 10.8 Å². The summed E-state index contributed by atoms with van der Waals surface area (Å²) in [5, 5.41) is 2.77. The van der Waals surface area contributed by atoms with Crippen molar-refractivity contribution >= 4 is 21.6 Å². The molecule has 0 spiro atoms. The van der Waals surface area contributed by atoms with E-state index in [1.807, 2.05) is 6.92 Å². The van der Waals surface area contributed by atoms with Crippen LogP contribution >= 0.6 is 0 Å². The zero-order chi connectivity index (χ0) is 19.4. The van der Waals surface area contributed by atoms with Gasteiger partial charge in [0.15, 0.2) is 0 Å². The van der Waals surface area contributed by atoms with Crippen LogP contribution in [0.3, 0.4) is 0 Å². The van der Waals surface area contributed by atoms with Gasteiger partial charge in [-0.25, -0.2) is 8.42 Å². The first-order valence-electron chi connectivity index (χ1n) is 9.13. The summed E-state index contributed by atoms with van der Waals surface area (Å²) in [6, 6.07) is 8.21. The molecule has 2 aromatic rings. The van der Waals surface area contributed by atoms with Crippen molar-refractivity contribution in [1.29, 1.82) is 0 Å². The van der Waals surface area contributed by atoms with Gasteiger partial charge in [0.05, 0.1) is 6.61 Å². The fourth-order valence-corrected chi connectivity index (χ4v) is 4.87. The summed E-state index contributed by atoms with van der Waals surface area (Å²) >= 11 is 0. The van der Waals surface area contributed by atoms with Gasteiger partial charge >= 0.3 is 0 Å². The molecular formula is C19H25N3O4S. The molecule has 0 unspecified atom stereocenters. The SMILES string of the molecule is CCOc1ccc(NC(=O)c2cccn2C)cc1S(=O)(=O)N1CCCCC1. The Labute approximate surface area is 160 Å². The smallest absolute Gasteiger partial charge is 0.272 e. The van der Waals surface area contributed by atoms with E-state index in [9.17, 15) is 13.2 Å². The van der Waals surface area contributed by atoms with E-state index < -0.39 is 10.0 Å². The van der Waals surface area contributed by atoms with Gasteiger partial charge in [0.1, 0.15) is 16.3 Å². The van der Waals surface area contributed by atoms with Crippen LogP contribution in [0, 0.1) is 0 Å².